The van der Waals surface area contributed by atoms with Crippen molar-refractivity contribution in [3.8, 4) is 11.5 Å². The van der Waals surface area contributed by atoms with Crippen LogP contribution >= 0.6 is 0 Å². The van der Waals surface area contributed by atoms with Crippen LogP contribution in [-0.4, -0.2) is 23.4 Å². The number of rotatable bonds is 4. The molecule has 0 amide bonds. The Bertz CT molecular complexity index is 416. The molecule has 4 nitrogen and oxygen atoms in total. The van der Waals surface area contributed by atoms with Crippen LogP contribution in [0.2, 0.25) is 0 Å². The van der Waals surface area contributed by atoms with Crippen LogP contribution in [0.25, 0.3) is 0 Å². The van der Waals surface area contributed by atoms with E-state index in [1.165, 1.54) is 6.42 Å². The second kappa shape index (κ2) is 6.26. The normalized spacial score (nSPS) is 19.9. The van der Waals surface area contributed by atoms with Crippen LogP contribution < -0.4 is 10.5 Å². The van der Waals surface area contributed by atoms with Gasteiger partial charge in [0.1, 0.15) is 11.5 Å². The molecule has 0 spiro atoms. The average Bonchev–Trinajstić information content (AvgIpc) is 2.47. The van der Waals surface area contributed by atoms with Crippen LogP contribution in [0.5, 0.6) is 11.5 Å². The zero-order chi connectivity index (χ0) is 13.8. The summed E-state index contributed by atoms with van der Waals surface area (Å²) < 4.78 is 5.14. The fourth-order valence-corrected chi connectivity index (χ4v) is 2.88. The zero-order valence-electron chi connectivity index (χ0n) is 11.4. The number of nitrogens with two attached hydrogens (primary N) is 1. The number of aliphatic hydroxyl groups is 1. The SMILES string of the molecule is COc1ccc(O)c([C@H](N)[C@H](O)C2CCCCC2)c1. The Hall–Kier alpha value is -1.26. The number of benzene rings is 1. The van der Waals surface area contributed by atoms with E-state index < -0.39 is 12.1 Å². The van der Waals surface area contributed by atoms with Gasteiger partial charge < -0.3 is 20.7 Å². The summed E-state index contributed by atoms with van der Waals surface area (Å²) in [5.41, 5.74) is 6.68. The van der Waals surface area contributed by atoms with Gasteiger partial charge in [-0.2, -0.15) is 0 Å². The van der Waals surface area contributed by atoms with Gasteiger partial charge in [0.2, 0.25) is 0 Å². The largest absolute Gasteiger partial charge is 0.508 e. The molecule has 2 atom stereocenters. The predicted molar refractivity (Wildman–Crippen MR) is 74.2 cm³/mol. The topological polar surface area (TPSA) is 75.7 Å². The predicted octanol–water partition coefficient (Wildman–Crippen LogP) is 2.34. The smallest absolute Gasteiger partial charge is 0.120 e. The third-order valence-corrected chi connectivity index (χ3v) is 4.09. The summed E-state index contributed by atoms with van der Waals surface area (Å²) >= 11 is 0. The first-order chi connectivity index (χ1) is 9.13. The fourth-order valence-electron chi connectivity index (χ4n) is 2.88. The molecule has 0 bridgehead atoms. The van der Waals surface area contributed by atoms with Gasteiger partial charge in [0.25, 0.3) is 0 Å². The van der Waals surface area contributed by atoms with Gasteiger partial charge in [-0.05, 0) is 37.0 Å². The third-order valence-electron chi connectivity index (χ3n) is 4.09. The molecule has 1 aromatic rings. The number of aliphatic hydroxyl groups excluding tert-OH is 1. The van der Waals surface area contributed by atoms with E-state index in [1.54, 1.807) is 25.3 Å². The van der Waals surface area contributed by atoms with Crippen molar-refractivity contribution in [1.82, 2.24) is 0 Å². The minimum Gasteiger partial charge on any atom is -0.508 e. The maximum absolute atomic E-state index is 10.4. The second-order valence-electron chi connectivity index (χ2n) is 5.34. The lowest BCUT2D eigenvalue weighted by Gasteiger charge is -2.30. The summed E-state index contributed by atoms with van der Waals surface area (Å²) in [4.78, 5) is 0. The second-order valence-corrected chi connectivity index (χ2v) is 5.34. The van der Waals surface area contributed by atoms with Gasteiger partial charge in [0.15, 0.2) is 0 Å². The van der Waals surface area contributed by atoms with Gasteiger partial charge >= 0.3 is 0 Å². The molecular weight excluding hydrogens is 242 g/mol. The van der Waals surface area contributed by atoms with E-state index in [-0.39, 0.29) is 11.7 Å². The number of hydrogen-bond donors (Lipinski definition) is 3. The molecule has 0 aromatic heterocycles. The molecular formula is C15H23NO3. The van der Waals surface area contributed by atoms with Crippen molar-refractivity contribution < 1.29 is 14.9 Å². The summed E-state index contributed by atoms with van der Waals surface area (Å²) in [5, 5.41) is 20.3. The Morgan fingerprint density at radius 2 is 1.95 bits per heavy atom. The first-order valence-electron chi connectivity index (χ1n) is 6.94. The summed E-state index contributed by atoms with van der Waals surface area (Å²) in [5.74, 6) is 0.983. The fraction of sp³-hybridized carbons (Fsp3) is 0.600. The van der Waals surface area contributed by atoms with Gasteiger partial charge in [-0.1, -0.05) is 19.3 Å². The lowest BCUT2D eigenvalue weighted by molar-refractivity contribution is 0.0610. The van der Waals surface area contributed by atoms with Gasteiger partial charge in [0.05, 0.1) is 19.3 Å². The molecule has 4 heteroatoms. The van der Waals surface area contributed by atoms with Crippen molar-refractivity contribution in [3.05, 3.63) is 23.8 Å². The monoisotopic (exact) mass is 265 g/mol. The van der Waals surface area contributed by atoms with E-state index in [0.29, 0.717) is 11.3 Å². The quantitative estimate of drug-likeness (QED) is 0.781. The van der Waals surface area contributed by atoms with Gasteiger partial charge in [-0.3, -0.25) is 0 Å². The summed E-state index contributed by atoms with van der Waals surface area (Å²) in [7, 11) is 1.57. The van der Waals surface area contributed by atoms with Gasteiger partial charge in [-0.25, -0.2) is 0 Å². The highest BCUT2D eigenvalue weighted by Crippen LogP contribution is 2.35. The number of methoxy groups -OCH3 is 1. The Morgan fingerprint density at radius 3 is 2.58 bits per heavy atom. The van der Waals surface area contributed by atoms with E-state index in [2.05, 4.69) is 0 Å². The average molecular weight is 265 g/mol. The molecule has 0 saturated heterocycles. The summed E-state index contributed by atoms with van der Waals surface area (Å²) in [6.07, 6.45) is 4.96. The highest BCUT2D eigenvalue weighted by atomic mass is 16.5. The lowest BCUT2D eigenvalue weighted by atomic mass is 9.81. The highest BCUT2D eigenvalue weighted by Gasteiger charge is 2.29. The number of hydrogen-bond acceptors (Lipinski definition) is 4. The standard InChI is InChI=1S/C15H23NO3/c1-19-11-7-8-13(17)12(9-11)14(16)15(18)10-5-3-2-4-6-10/h7-10,14-15,17-18H,2-6,16H2,1H3/t14-,15+/m0/s1. The molecule has 2 rings (SSSR count). The molecule has 106 valence electrons. The maximum atomic E-state index is 10.4. The minimum absolute atomic E-state index is 0.114. The Morgan fingerprint density at radius 1 is 1.26 bits per heavy atom. The van der Waals surface area contributed by atoms with Gasteiger partial charge in [-0.15, -0.1) is 0 Å². The molecule has 0 radical (unpaired) electrons. The van der Waals surface area contributed by atoms with Crippen molar-refractivity contribution in [1.29, 1.82) is 0 Å². The number of phenols is 1. The van der Waals surface area contributed by atoms with Crippen LogP contribution in [0.15, 0.2) is 18.2 Å². The minimum atomic E-state index is -0.613. The number of aromatic hydroxyl groups is 1. The number of ether oxygens (including phenoxy) is 1. The number of phenolic OH excluding ortho intramolecular Hbond substituents is 1. The van der Waals surface area contributed by atoms with Crippen molar-refractivity contribution >= 4 is 0 Å². The van der Waals surface area contributed by atoms with Crippen molar-refractivity contribution in [2.75, 3.05) is 7.11 Å². The molecule has 0 unspecified atom stereocenters. The summed E-state index contributed by atoms with van der Waals surface area (Å²) in [6, 6.07) is 4.37. The first kappa shape index (κ1) is 14.2. The molecule has 19 heavy (non-hydrogen) atoms. The van der Waals surface area contributed by atoms with Crippen LogP contribution in [0.4, 0.5) is 0 Å². The molecule has 1 aliphatic carbocycles. The third kappa shape index (κ3) is 3.19. The van der Waals surface area contributed by atoms with E-state index in [1.807, 2.05) is 0 Å². The van der Waals surface area contributed by atoms with Crippen LogP contribution in [0, 0.1) is 5.92 Å². The molecule has 0 heterocycles. The highest BCUT2D eigenvalue weighted by molar-refractivity contribution is 5.41. The van der Waals surface area contributed by atoms with E-state index in [9.17, 15) is 10.2 Å². The van der Waals surface area contributed by atoms with Crippen LogP contribution in [0.1, 0.15) is 43.7 Å². The Balaban J connectivity index is 2.15. The van der Waals surface area contributed by atoms with E-state index >= 15 is 0 Å². The van der Waals surface area contributed by atoms with Crippen LogP contribution in [0.3, 0.4) is 0 Å². The van der Waals surface area contributed by atoms with Crippen molar-refractivity contribution in [2.45, 2.75) is 44.2 Å². The molecule has 0 aliphatic heterocycles. The molecule has 1 saturated carbocycles. The van der Waals surface area contributed by atoms with Crippen LogP contribution in [-0.2, 0) is 0 Å². The van der Waals surface area contributed by atoms with Crippen molar-refractivity contribution in [3.63, 3.8) is 0 Å². The Kier molecular flexibility index (Phi) is 4.66. The Labute approximate surface area is 114 Å². The molecule has 1 aromatic carbocycles. The molecule has 1 fully saturated rings. The molecule has 1 aliphatic rings. The van der Waals surface area contributed by atoms with Crippen molar-refractivity contribution in [2.24, 2.45) is 11.7 Å². The molecule has 4 N–H and O–H groups in total. The van der Waals surface area contributed by atoms with E-state index in [0.717, 1.165) is 25.7 Å². The maximum Gasteiger partial charge on any atom is 0.120 e. The zero-order valence-corrected chi connectivity index (χ0v) is 11.4. The lowest BCUT2D eigenvalue weighted by Crippen LogP contribution is -2.34. The van der Waals surface area contributed by atoms with E-state index in [4.69, 9.17) is 10.5 Å². The summed E-state index contributed by atoms with van der Waals surface area (Å²) in [6.45, 7) is 0. The first-order valence-corrected chi connectivity index (χ1v) is 6.94. The van der Waals surface area contributed by atoms with Gasteiger partial charge in [0, 0.05) is 5.56 Å².